The summed E-state index contributed by atoms with van der Waals surface area (Å²) in [5.74, 6) is 0.846. The Hall–Kier alpha value is -1.80. The van der Waals surface area contributed by atoms with Gasteiger partial charge in [0.1, 0.15) is 5.75 Å². The highest BCUT2D eigenvalue weighted by atomic mass is 16.5. The van der Waals surface area contributed by atoms with Gasteiger partial charge in [0.15, 0.2) is 0 Å². The second kappa shape index (κ2) is 5.45. The lowest BCUT2D eigenvalue weighted by molar-refractivity contribution is 0.391. The minimum absolute atomic E-state index is 0.515. The quantitative estimate of drug-likeness (QED) is 0.905. The summed E-state index contributed by atoms with van der Waals surface area (Å²) in [4.78, 5) is 0. The van der Waals surface area contributed by atoms with Crippen molar-refractivity contribution in [3.05, 3.63) is 65.2 Å². The van der Waals surface area contributed by atoms with E-state index in [0.717, 1.165) is 23.3 Å². The van der Waals surface area contributed by atoms with Crippen LogP contribution in [0.3, 0.4) is 0 Å². The van der Waals surface area contributed by atoms with E-state index in [-0.39, 0.29) is 0 Å². The van der Waals surface area contributed by atoms with Gasteiger partial charge in [-0.2, -0.15) is 0 Å². The smallest absolute Gasteiger partial charge is 0.124 e. The lowest BCUT2D eigenvalue weighted by Crippen LogP contribution is -2.37. The summed E-state index contributed by atoms with van der Waals surface area (Å²) in [6.07, 6.45) is 0.816. The summed E-state index contributed by atoms with van der Waals surface area (Å²) >= 11 is 0. The molecule has 0 amide bonds. The van der Waals surface area contributed by atoms with Crippen LogP contribution in [0.2, 0.25) is 0 Å². The van der Waals surface area contributed by atoms with Crippen LogP contribution < -0.4 is 10.5 Å². The standard InChI is InChI=1S/C17H21NO/c1-4-17(18,14-8-6-5-7-9-14)15-12-13(2)10-11-16(15)19-3/h5-12H,4,18H2,1-3H3. The molecular formula is C17H21NO. The van der Waals surface area contributed by atoms with E-state index in [1.54, 1.807) is 7.11 Å². The number of ether oxygens (including phenoxy) is 1. The molecule has 2 aromatic rings. The molecule has 0 heterocycles. The minimum Gasteiger partial charge on any atom is -0.496 e. The predicted octanol–water partition coefficient (Wildman–Crippen LogP) is 3.62. The molecule has 0 spiro atoms. The molecule has 0 aliphatic rings. The molecule has 0 radical (unpaired) electrons. The van der Waals surface area contributed by atoms with Crippen molar-refractivity contribution in [3.8, 4) is 5.75 Å². The van der Waals surface area contributed by atoms with Crippen molar-refractivity contribution in [1.82, 2.24) is 0 Å². The molecule has 2 N–H and O–H groups in total. The molecule has 1 unspecified atom stereocenters. The summed E-state index contributed by atoms with van der Waals surface area (Å²) in [6, 6.07) is 16.4. The SMILES string of the molecule is CCC(N)(c1ccccc1)c1cc(C)ccc1OC. The number of rotatable bonds is 4. The van der Waals surface area contributed by atoms with Crippen LogP contribution in [0.15, 0.2) is 48.5 Å². The Kier molecular flexibility index (Phi) is 3.91. The van der Waals surface area contributed by atoms with Crippen molar-refractivity contribution in [2.75, 3.05) is 7.11 Å². The number of hydrogen-bond donors (Lipinski definition) is 1. The Bertz CT molecular complexity index is 550. The Labute approximate surface area is 115 Å². The fourth-order valence-electron chi connectivity index (χ4n) is 2.46. The highest BCUT2D eigenvalue weighted by Crippen LogP contribution is 2.36. The Balaban J connectivity index is 2.62. The van der Waals surface area contributed by atoms with Crippen LogP contribution in [0.1, 0.15) is 30.0 Å². The van der Waals surface area contributed by atoms with E-state index in [1.807, 2.05) is 30.3 Å². The highest BCUT2D eigenvalue weighted by Gasteiger charge is 2.30. The van der Waals surface area contributed by atoms with Gasteiger partial charge in [-0.05, 0) is 25.0 Å². The molecule has 2 aromatic carbocycles. The number of aryl methyl sites for hydroxylation is 1. The predicted molar refractivity (Wildman–Crippen MR) is 79.4 cm³/mol. The van der Waals surface area contributed by atoms with Crippen molar-refractivity contribution in [3.63, 3.8) is 0 Å². The van der Waals surface area contributed by atoms with Gasteiger partial charge >= 0.3 is 0 Å². The normalized spacial score (nSPS) is 13.9. The summed E-state index contributed by atoms with van der Waals surface area (Å²) < 4.78 is 5.49. The van der Waals surface area contributed by atoms with Crippen molar-refractivity contribution in [2.24, 2.45) is 5.73 Å². The van der Waals surface area contributed by atoms with E-state index in [1.165, 1.54) is 5.56 Å². The van der Waals surface area contributed by atoms with Crippen molar-refractivity contribution in [1.29, 1.82) is 0 Å². The van der Waals surface area contributed by atoms with Crippen LogP contribution in [0.5, 0.6) is 5.75 Å². The molecule has 0 aliphatic heterocycles. The maximum absolute atomic E-state index is 6.71. The van der Waals surface area contributed by atoms with Crippen LogP contribution in [0.25, 0.3) is 0 Å². The first-order valence-corrected chi connectivity index (χ1v) is 6.61. The second-order valence-electron chi connectivity index (χ2n) is 4.89. The van der Waals surface area contributed by atoms with Gasteiger partial charge in [0.05, 0.1) is 12.6 Å². The summed E-state index contributed by atoms with van der Waals surface area (Å²) in [6.45, 7) is 4.18. The molecule has 0 aliphatic carbocycles. The monoisotopic (exact) mass is 255 g/mol. The minimum atomic E-state index is -0.515. The van der Waals surface area contributed by atoms with Crippen LogP contribution in [-0.2, 0) is 5.54 Å². The zero-order chi connectivity index (χ0) is 13.9. The Morgan fingerprint density at radius 1 is 1.11 bits per heavy atom. The molecule has 0 saturated carbocycles. The van der Waals surface area contributed by atoms with E-state index >= 15 is 0 Å². The topological polar surface area (TPSA) is 35.2 Å². The molecule has 1 atom stereocenters. The zero-order valence-electron chi connectivity index (χ0n) is 11.8. The van der Waals surface area contributed by atoms with Crippen LogP contribution in [0.4, 0.5) is 0 Å². The van der Waals surface area contributed by atoms with Gasteiger partial charge in [-0.3, -0.25) is 0 Å². The van der Waals surface area contributed by atoms with Crippen LogP contribution >= 0.6 is 0 Å². The molecule has 100 valence electrons. The molecule has 0 bridgehead atoms. The van der Waals surface area contributed by atoms with Crippen molar-refractivity contribution >= 4 is 0 Å². The van der Waals surface area contributed by atoms with E-state index in [2.05, 4.69) is 32.0 Å². The summed E-state index contributed by atoms with van der Waals surface area (Å²) in [5.41, 5.74) is 9.54. The third-order valence-electron chi connectivity index (χ3n) is 3.68. The fourth-order valence-corrected chi connectivity index (χ4v) is 2.46. The van der Waals surface area contributed by atoms with Crippen LogP contribution in [0, 0.1) is 6.92 Å². The van der Waals surface area contributed by atoms with Gasteiger partial charge in [-0.25, -0.2) is 0 Å². The van der Waals surface area contributed by atoms with Crippen molar-refractivity contribution in [2.45, 2.75) is 25.8 Å². The molecule has 2 rings (SSSR count). The number of hydrogen-bond acceptors (Lipinski definition) is 2. The summed E-state index contributed by atoms with van der Waals surface area (Å²) in [5, 5.41) is 0. The third kappa shape index (κ3) is 2.49. The number of methoxy groups -OCH3 is 1. The zero-order valence-corrected chi connectivity index (χ0v) is 11.8. The lowest BCUT2D eigenvalue weighted by Gasteiger charge is -2.31. The Morgan fingerprint density at radius 2 is 1.79 bits per heavy atom. The third-order valence-corrected chi connectivity index (χ3v) is 3.68. The van der Waals surface area contributed by atoms with Gasteiger partial charge in [-0.15, -0.1) is 0 Å². The summed E-state index contributed by atoms with van der Waals surface area (Å²) in [7, 11) is 1.69. The molecule has 2 heteroatoms. The van der Waals surface area contributed by atoms with Gasteiger partial charge < -0.3 is 10.5 Å². The maximum Gasteiger partial charge on any atom is 0.124 e. The van der Waals surface area contributed by atoms with E-state index in [9.17, 15) is 0 Å². The molecule has 0 fully saturated rings. The average Bonchev–Trinajstić information content (AvgIpc) is 2.47. The largest absolute Gasteiger partial charge is 0.496 e. The van der Waals surface area contributed by atoms with E-state index < -0.39 is 5.54 Å². The molecular weight excluding hydrogens is 234 g/mol. The maximum atomic E-state index is 6.71. The van der Waals surface area contributed by atoms with Crippen molar-refractivity contribution < 1.29 is 4.74 Å². The first-order chi connectivity index (χ1) is 9.11. The Morgan fingerprint density at radius 3 is 2.37 bits per heavy atom. The molecule has 0 aromatic heterocycles. The first-order valence-electron chi connectivity index (χ1n) is 6.61. The average molecular weight is 255 g/mol. The van der Waals surface area contributed by atoms with E-state index in [4.69, 9.17) is 10.5 Å². The van der Waals surface area contributed by atoms with E-state index in [0.29, 0.717) is 0 Å². The van der Waals surface area contributed by atoms with Gasteiger partial charge in [0.25, 0.3) is 0 Å². The molecule has 19 heavy (non-hydrogen) atoms. The second-order valence-corrected chi connectivity index (χ2v) is 4.89. The number of nitrogens with two attached hydrogens (primary N) is 1. The van der Waals surface area contributed by atoms with Gasteiger partial charge in [0, 0.05) is 5.56 Å². The lowest BCUT2D eigenvalue weighted by atomic mass is 9.80. The fraction of sp³-hybridized carbons (Fsp3) is 0.294. The first kappa shape index (κ1) is 13.6. The highest BCUT2D eigenvalue weighted by molar-refractivity contribution is 5.47. The number of benzene rings is 2. The van der Waals surface area contributed by atoms with Gasteiger partial charge in [0.2, 0.25) is 0 Å². The van der Waals surface area contributed by atoms with Gasteiger partial charge in [-0.1, -0.05) is 55.0 Å². The molecule has 2 nitrogen and oxygen atoms in total. The van der Waals surface area contributed by atoms with Crippen LogP contribution in [-0.4, -0.2) is 7.11 Å². The molecule has 0 saturated heterocycles.